The molecule has 0 bridgehead atoms. The van der Waals surface area contributed by atoms with Gasteiger partial charge in [-0.05, 0) is 97.9 Å². The maximum absolute atomic E-state index is 14.3. The van der Waals surface area contributed by atoms with Crippen LogP contribution in [0, 0.1) is 0 Å². The van der Waals surface area contributed by atoms with Crippen LogP contribution in [0.2, 0.25) is 5.02 Å². The number of halogens is 4. The minimum Gasteiger partial charge on any atom is -0.380 e. The fraction of sp³-hybridized carbons (Fsp3) is 0.422. The third-order valence-corrected chi connectivity index (χ3v) is 16.5. The molecule has 1 unspecified atom stereocenters. The van der Waals surface area contributed by atoms with E-state index >= 15 is 0 Å². The molecule has 0 amide bonds. The zero-order chi connectivity index (χ0) is 45.6. The van der Waals surface area contributed by atoms with Crippen LogP contribution in [0.15, 0.2) is 112 Å². The van der Waals surface area contributed by atoms with Gasteiger partial charge in [-0.25, -0.2) is 21.6 Å². The van der Waals surface area contributed by atoms with Gasteiger partial charge in [0.15, 0.2) is 0 Å². The molecule has 3 aliphatic rings. The van der Waals surface area contributed by atoms with E-state index in [0.717, 1.165) is 61.5 Å². The summed E-state index contributed by atoms with van der Waals surface area (Å²) in [5, 5.41) is 12.2. The van der Waals surface area contributed by atoms with E-state index in [1.807, 2.05) is 60.7 Å². The fourth-order valence-electron chi connectivity index (χ4n) is 8.64. The van der Waals surface area contributed by atoms with E-state index in [2.05, 4.69) is 53.1 Å². The molecule has 8 rings (SSSR count). The predicted molar refractivity (Wildman–Crippen MR) is 247 cm³/mol. The highest BCUT2D eigenvalue weighted by molar-refractivity contribution is 7.99. The van der Waals surface area contributed by atoms with Crippen molar-refractivity contribution >= 4 is 54.9 Å². The number of benzene rings is 4. The lowest BCUT2D eigenvalue weighted by Gasteiger charge is -2.34. The number of sulfone groups is 1. The molecule has 2 N–H and O–H groups in total. The van der Waals surface area contributed by atoms with E-state index in [0.29, 0.717) is 81.6 Å². The van der Waals surface area contributed by atoms with Crippen molar-refractivity contribution in [3.63, 3.8) is 0 Å². The summed E-state index contributed by atoms with van der Waals surface area (Å²) < 4.78 is 106. The van der Waals surface area contributed by atoms with Crippen molar-refractivity contribution in [3.8, 4) is 11.1 Å². The molecule has 0 aliphatic carbocycles. The Labute approximate surface area is 387 Å². The predicted octanol–water partition coefficient (Wildman–Crippen LogP) is 7.86. The largest absolute Gasteiger partial charge is 0.501 e. The van der Waals surface area contributed by atoms with Gasteiger partial charge in [0.2, 0.25) is 5.95 Å². The van der Waals surface area contributed by atoms with Crippen LogP contribution in [0.25, 0.3) is 11.1 Å². The van der Waals surface area contributed by atoms with Crippen molar-refractivity contribution < 1.29 is 34.7 Å². The van der Waals surface area contributed by atoms with E-state index in [1.54, 1.807) is 4.57 Å². The number of alkyl halides is 3. The molecule has 0 saturated carbocycles. The third kappa shape index (κ3) is 11.7. The van der Waals surface area contributed by atoms with Crippen LogP contribution in [0.3, 0.4) is 0 Å². The number of rotatable bonds is 16. The topological polar surface area (TPSA) is 142 Å². The van der Waals surface area contributed by atoms with Gasteiger partial charge in [-0.2, -0.15) is 13.2 Å². The lowest BCUT2D eigenvalue weighted by atomic mass is 9.99. The van der Waals surface area contributed by atoms with Gasteiger partial charge in [-0.3, -0.25) is 19.3 Å². The lowest BCUT2D eigenvalue weighted by Crippen LogP contribution is -2.42. The van der Waals surface area contributed by atoms with Crippen molar-refractivity contribution in [2.75, 3.05) is 68.3 Å². The molecule has 5 aromatic rings. The van der Waals surface area contributed by atoms with Gasteiger partial charge < -0.3 is 10.1 Å². The van der Waals surface area contributed by atoms with Crippen molar-refractivity contribution in [1.29, 1.82) is 0 Å². The smallest absolute Gasteiger partial charge is 0.380 e. The highest BCUT2D eigenvalue weighted by Gasteiger charge is 2.48. The van der Waals surface area contributed by atoms with Crippen molar-refractivity contribution in [3.05, 3.63) is 113 Å². The summed E-state index contributed by atoms with van der Waals surface area (Å²) in [6.45, 7) is 7.19. The summed E-state index contributed by atoms with van der Waals surface area (Å²) >= 11 is 7.63. The Hall–Kier alpha value is -4.21. The van der Waals surface area contributed by atoms with E-state index in [9.17, 15) is 30.0 Å². The molecule has 2 saturated heterocycles. The number of ether oxygens (including phenoxy) is 1. The standard InChI is InChI=1S/C45H52ClF3N8O5S3/c46-35-14-12-33(13-15-35)40-11-5-4-7-34(40)30-55-20-6-8-37(19-22-55)56-23-24-57-43(31-56)51-52-44(57)53-65(60,61)39-16-17-41(42(29-39)64(58,59)45(47,48)49)50-36(18-21-54-25-27-62-28-26-54)32-63-38-9-2-1-3-10-38/h1-5,7,9-17,29,36-37,50H,6,8,18-28,30-32H2,(H,52,53)/t36-,37?/m1/s1. The van der Waals surface area contributed by atoms with E-state index in [1.165, 1.54) is 22.9 Å². The van der Waals surface area contributed by atoms with Crippen LogP contribution in [0.5, 0.6) is 0 Å². The summed E-state index contributed by atoms with van der Waals surface area (Å²) in [5.74, 6) is 0.842. The number of morpholine rings is 1. The second-order valence-corrected chi connectivity index (χ2v) is 21.6. The summed E-state index contributed by atoms with van der Waals surface area (Å²) in [6, 6.07) is 28.3. The number of anilines is 2. The summed E-state index contributed by atoms with van der Waals surface area (Å²) in [5.41, 5.74) is -2.49. The van der Waals surface area contributed by atoms with Gasteiger partial charge in [-0.15, -0.1) is 22.0 Å². The zero-order valence-corrected chi connectivity index (χ0v) is 38.9. The summed E-state index contributed by atoms with van der Waals surface area (Å²) in [7, 11) is -10.6. The van der Waals surface area contributed by atoms with Crippen LogP contribution >= 0.6 is 23.4 Å². The number of nitrogens with zero attached hydrogens (tertiary/aromatic N) is 6. The first kappa shape index (κ1) is 47.3. The average Bonchev–Trinajstić information content (AvgIpc) is 3.54. The van der Waals surface area contributed by atoms with Crippen molar-refractivity contribution in [2.45, 2.75) is 77.6 Å². The van der Waals surface area contributed by atoms with E-state index in [-0.39, 0.29) is 17.7 Å². The molecule has 3 aliphatic heterocycles. The lowest BCUT2D eigenvalue weighted by molar-refractivity contribution is -0.0435. The zero-order valence-electron chi connectivity index (χ0n) is 35.7. The molecule has 13 nitrogen and oxygen atoms in total. The normalized spacial score (nSPS) is 18.7. The maximum atomic E-state index is 14.3. The van der Waals surface area contributed by atoms with Gasteiger partial charge in [-0.1, -0.05) is 66.2 Å². The van der Waals surface area contributed by atoms with Gasteiger partial charge in [0.05, 0.1) is 30.3 Å². The van der Waals surface area contributed by atoms with E-state index < -0.39 is 41.2 Å². The van der Waals surface area contributed by atoms with Crippen LogP contribution < -0.4 is 10.0 Å². The molecule has 2 atom stereocenters. The van der Waals surface area contributed by atoms with Gasteiger partial charge in [0.25, 0.3) is 19.9 Å². The summed E-state index contributed by atoms with van der Waals surface area (Å²) in [6.07, 6.45) is 3.40. The first-order valence-corrected chi connectivity index (χ1v) is 26.0. The van der Waals surface area contributed by atoms with Crippen molar-refractivity contribution in [2.24, 2.45) is 0 Å². The van der Waals surface area contributed by atoms with Crippen LogP contribution in [-0.4, -0.2) is 122 Å². The molecule has 20 heteroatoms. The second kappa shape index (κ2) is 20.8. The Balaban J connectivity index is 0.945. The quantitative estimate of drug-likeness (QED) is 0.0931. The minimum atomic E-state index is -6.00. The van der Waals surface area contributed by atoms with Gasteiger partial charge >= 0.3 is 5.51 Å². The van der Waals surface area contributed by atoms with Crippen LogP contribution in [0.1, 0.15) is 37.1 Å². The van der Waals surface area contributed by atoms with Crippen LogP contribution in [0.4, 0.5) is 24.8 Å². The highest BCUT2D eigenvalue weighted by Crippen LogP contribution is 2.37. The number of hydrogen-bond acceptors (Lipinski definition) is 12. The molecule has 348 valence electrons. The molecular formula is C45H52ClF3N8O5S3. The van der Waals surface area contributed by atoms with Crippen LogP contribution in [-0.2, 0) is 44.2 Å². The number of thioether (sulfide) groups is 1. The Kier molecular flexibility index (Phi) is 15.1. The van der Waals surface area contributed by atoms with E-state index in [4.69, 9.17) is 16.3 Å². The molecule has 65 heavy (non-hydrogen) atoms. The first-order valence-electron chi connectivity index (χ1n) is 21.7. The third-order valence-electron chi connectivity index (χ3n) is 12.2. The SMILES string of the molecule is O=S(=O)(Nc1nnc2n1CCN(C1CCCN(Cc3ccccc3-c3ccc(Cl)cc3)CC1)C2)c1ccc(N[C@H](CCN2CCOCC2)CSc2ccccc2)c(S(=O)(=O)C(F)(F)F)c1. The monoisotopic (exact) mass is 972 g/mol. The average molecular weight is 974 g/mol. The fourth-order valence-corrected chi connectivity index (χ4v) is 11.8. The molecule has 1 aromatic heterocycles. The molecular weight excluding hydrogens is 921 g/mol. The Morgan fingerprint density at radius 2 is 1.58 bits per heavy atom. The molecule has 4 aromatic carbocycles. The Morgan fingerprint density at radius 1 is 0.831 bits per heavy atom. The number of hydrogen-bond donors (Lipinski definition) is 2. The van der Waals surface area contributed by atoms with Crippen molar-refractivity contribution in [1.82, 2.24) is 29.5 Å². The molecule has 4 heterocycles. The number of aromatic nitrogens is 3. The molecule has 0 radical (unpaired) electrons. The second-order valence-electron chi connectivity index (χ2n) is 16.5. The molecule has 0 spiro atoms. The minimum absolute atomic E-state index is 0.102. The summed E-state index contributed by atoms with van der Waals surface area (Å²) in [4.78, 5) is 6.10. The number of likely N-dealkylation sites (tertiary alicyclic amines) is 1. The maximum Gasteiger partial charge on any atom is 0.501 e. The first-order chi connectivity index (χ1) is 31.2. The Bertz CT molecular complexity index is 2620. The van der Waals surface area contributed by atoms with Gasteiger partial charge in [0, 0.05) is 67.0 Å². The Morgan fingerprint density at radius 3 is 2.35 bits per heavy atom. The molecule has 2 fully saturated rings. The highest BCUT2D eigenvalue weighted by atomic mass is 35.5. The number of nitrogens with one attached hydrogen (secondary N) is 2. The number of sulfonamides is 1. The van der Waals surface area contributed by atoms with Gasteiger partial charge in [0.1, 0.15) is 10.7 Å². The number of fused-ring (bicyclic) bond motifs is 1.